The number of amides is 2. The lowest BCUT2D eigenvalue weighted by molar-refractivity contribution is -0.146. The zero-order valence-corrected chi connectivity index (χ0v) is 12.7. The molecular weight excluding hydrogens is 282 g/mol. The van der Waals surface area contributed by atoms with Crippen LogP contribution in [-0.2, 0) is 22.5 Å². The van der Waals surface area contributed by atoms with Gasteiger partial charge in [-0.3, -0.25) is 0 Å². The molecule has 0 saturated heterocycles. The van der Waals surface area contributed by atoms with Crippen molar-refractivity contribution in [2.75, 3.05) is 13.7 Å². The number of nitrogens with zero attached hydrogens (tertiary/aromatic N) is 1. The first-order valence-electron chi connectivity index (χ1n) is 7.36. The van der Waals surface area contributed by atoms with E-state index in [1.165, 1.54) is 12.0 Å². The summed E-state index contributed by atoms with van der Waals surface area (Å²) in [5.41, 5.74) is 3.09. The van der Waals surface area contributed by atoms with Crippen LogP contribution in [0.3, 0.4) is 0 Å². The highest BCUT2D eigenvalue weighted by atomic mass is 16.5. The van der Waals surface area contributed by atoms with Crippen LogP contribution < -0.4 is 5.32 Å². The summed E-state index contributed by atoms with van der Waals surface area (Å²) in [6.45, 7) is 2.74. The van der Waals surface area contributed by atoms with Crippen LogP contribution in [-0.4, -0.2) is 41.6 Å². The molecule has 2 heterocycles. The van der Waals surface area contributed by atoms with Crippen LogP contribution in [0.25, 0.3) is 10.9 Å². The summed E-state index contributed by atoms with van der Waals surface area (Å²) in [6, 6.07) is 7.12. The summed E-state index contributed by atoms with van der Waals surface area (Å²) in [7, 11) is 1.35. The molecule has 0 radical (unpaired) electrons. The molecule has 1 aromatic carbocycles. The van der Waals surface area contributed by atoms with Crippen molar-refractivity contribution in [3.63, 3.8) is 0 Å². The second-order valence-electron chi connectivity index (χ2n) is 5.33. The number of hydrogen-bond donors (Lipinski definition) is 2. The van der Waals surface area contributed by atoms with Gasteiger partial charge >= 0.3 is 12.0 Å². The fourth-order valence-corrected chi connectivity index (χ4v) is 3.02. The maximum Gasteiger partial charge on any atom is 0.329 e. The molecular formula is C16H19N3O3. The van der Waals surface area contributed by atoms with E-state index >= 15 is 0 Å². The van der Waals surface area contributed by atoms with Crippen LogP contribution >= 0.6 is 0 Å². The number of aromatic nitrogens is 1. The zero-order valence-electron chi connectivity index (χ0n) is 12.7. The molecule has 0 spiro atoms. The second kappa shape index (κ2) is 5.71. The van der Waals surface area contributed by atoms with E-state index in [9.17, 15) is 9.59 Å². The van der Waals surface area contributed by atoms with Gasteiger partial charge in [0.05, 0.1) is 13.7 Å². The summed E-state index contributed by atoms with van der Waals surface area (Å²) >= 11 is 0. The molecule has 1 aromatic heterocycles. The highest BCUT2D eigenvalue weighted by molar-refractivity contribution is 5.89. The Hall–Kier alpha value is -2.50. The van der Waals surface area contributed by atoms with Crippen LogP contribution in [0.15, 0.2) is 24.3 Å². The lowest BCUT2D eigenvalue weighted by atomic mass is 9.97. The van der Waals surface area contributed by atoms with E-state index in [0.717, 1.165) is 22.2 Å². The Bertz CT molecular complexity index is 722. The fourth-order valence-electron chi connectivity index (χ4n) is 3.02. The topological polar surface area (TPSA) is 74.4 Å². The first-order chi connectivity index (χ1) is 10.7. The Morgan fingerprint density at radius 2 is 2.18 bits per heavy atom. The van der Waals surface area contributed by atoms with Crippen LogP contribution in [0.4, 0.5) is 4.79 Å². The van der Waals surface area contributed by atoms with E-state index in [0.29, 0.717) is 19.5 Å². The van der Waals surface area contributed by atoms with E-state index in [-0.39, 0.29) is 12.0 Å². The molecule has 6 heteroatoms. The minimum atomic E-state index is -0.594. The molecule has 116 valence electrons. The van der Waals surface area contributed by atoms with Crippen LogP contribution in [0.2, 0.25) is 0 Å². The van der Waals surface area contributed by atoms with Gasteiger partial charge in [-0.25, -0.2) is 9.59 Å². The smallest absolute Gasteiger partial charge is 0.329 e. The largest absolute Gasteiger partial charge is 0.467 e. The zero-order chi connectivity index (χ0) is 15.7. The van der Waals surface area contributed by atoms with Gasteiger partial charge in [0.25, 0.3) is 0 Å². The van der Waals surface area contributed by atoms with Crippen molar-refractivity contribution in [2.45, 2.75) is 25.9 Å². The van der Waals surface area contributed by atoms with Crippen molar-refractivity contribution in [3.8, 4) is 0 Å². The Morgan fingerprint density at radius 3 is 2.91 bits per heavy atom. The predicted molar refractivity (Wildman–Crippen MR) is 82.4 cm³/mol. The Kier molecular flexibility index (Phi) is 3.75. The second-order valence-corrected chi connectivity index (χ2v) is 5.33. The molecule has 22 heavy (non-hydrogen) atoms. The minimum absolute atomic E-state index is 0.248. The number of methoxy groups -OCH3 is 1. The first-order valence-corrected chi connectivity index (χ1v) is 7.36. The van der Waals surface area contributed by atoms with Crippen molar-refractivity contribution < 1.29 is 14.3 Å². The van der Waals surface area contributed by atoms with Gasteiger partial charge in [0.1, 0.15) is 6.04 Å². The number of H-pyrrole nitrogens is 1. The third kappa shape index (κ3) is 2.30. The number of aromatic amines is 1. The van der Waals surface area contributed by atoms with Gasteiger partial charge in [0.2, 0.25) is 0 Å². The van der Waals surface area contributed by atoms with Gasteiger partial charge in [-0.05, 0) is 18.6 Å². The lowest BCUT2D eigenvalue weighted by Crippen LogP contribution is -2.52. The quantitative estimate of drug-likeness (QED) is 0.831. The molecule has 0 aliphatic carbocycles. The summed E-state index contributed by atoms with van der Waals surface area (Å²) < 4.78 is 4.88. The van der Waals surface area contributed by atoms with Crippen molar-refractivity contribution in [1.29, 1.82) is 0 Å². The molecule has 1 atom stereocenters. The van der Waals surface area contributed by atoms with Crippen molar-refractivity contribution in [2.24, 2.45) is 0 Å². The summed E-state index contributed by atoms with van der Waals surface area (Å²) in [6.07, 6.45) is 0.461. The Balaban J connectivity index is 2.02. The average Bonchev–Trinajstić information content (AvgIpc) is 2.90. The number of hydrogen-bond acceptors (Lipinski definition) is 3. The van der Waals surface area contributed by atoms with Crippen LogP contribution in [0, 0.1) is 0 Å². The summed E-state index contributed by atoms with van der Waals surface area (Å²) in [5, 5.41) is 3.85. The SMILES string of the molecule is CCNC(=O)N1Cc2[nH]c3ccccc3c2CC1C(=O)OC. The molecule has 3 rings (SSSR count). The summed E-state index contributed by atoms with van der Waals surface area (Å²) in [4.78, 5) is 29.2. The molecule has 0 bridgehead atoms. The number of ether oxygens (including phenoxy) is 1. The molecule has 2 aromatic rings. The van der Waals surface area contributed by atoms with E-state index in [1.54, 1.807) is 0 Å². The van der Waals surface area contributed by atoms with Crippen molar-refractivity contribution in [3.05, 3.63) is 35.5 Å². The van der Waals surface area contributed by atoms with Gasteiger partial charge < -0.3 is 19.9 Å². The highest BCUT2D eigenvalue weighted by Crippen LogP contribution is 2.30. The van der Waals surface area contributed by atoms with Gasteiger partial charge in [-0.1, -0.05) is 18.2 Å². The number of esters is 1. The first kappa shape index (κ1) is 14.4. The number of carbonyl (C=O) groups is 2. The number of carbonyl (C=O) groups excluding carboxylic acids is 2. The maximum absolute atomic E-state index is 12.2. The highest BCUT2D eigenvalue weighted by Gasteiger charge is 2.36. The molecule has 1 unspecified atom stereocenters. The standard InChI is InChI=1S/C16H19N3O3/c1-3-17-16(21)19-9-13-11(8-14(19)15(20)22-2)10-6-4-5-7-12(10)18-13/h4-7,14,18H,3,8-9H2,1-2H3,(H,17,21). The average molecular weight is 301 g/mol. The fraction of sp³-hybridized carbons (Fsp3) is 0.375. The van der Waals surface area contributed by atoms with E-state index in [2.05, 4.69) is 10.3 Å². The van der Waals surface area contributed by atoms with Crippen LogP contribution in [0.5, 0.6) is 0 Å². The molecule has 6 nitrogen and oxygen atoms in total. The van der Waals surface area contributed by atoms with Gasteiger partial charge in [-0.2, -0.15) is 0 Å². The number of urea groups is 1. The number of benzene rings is 1. The number of rotatable bonds is 2. The maximum atomic E-state index is 12.2. The molecule has 2 amide bonds. The number of nitrogens with one attached hydrogen (secondary N) is 2. The van der Waals surface area contributed by atoms with Gasteiger partial charge in [0, 0.05) is 29.6 Å². The molecule has 1 aliphatic heterocycles. The third-order valence-corrected chi connectivity index (χ3v) is 4.07. The normalized spacial score (nSPS) is 17.2. The molecule has 0 saturated carbocycles. The molecule has 1 aliphatic rings. The number of fused-ring (bicyclic) bond motifs is 3. The van der Waals surface area contributed by atoms with Crippen molar-refractivity contribution >= 4 is 22.9 Å². The minimum Gasteiger partial charge on any atom is -0.467 e. The summed E-state index contributed by atoms with van der Waals surface area (Å²) in [5.74, 6) is -0.387. The predicted octanol–water partition coefficient (Wildman–Crippen LogP) is 1.80. The van der Waals surface area contributed by atoms with E-state index in [4.69, 9.17) is 4.74 Å². The van der Waals surface area contributed by atoms with Gasteiger partial charge in [0.15, 0.2) is 0 Å². The van der Waals surface area contributed by atoms with E-state index < -0.39 is 6.04 Å². The monoisotopic (exact) mass is 301 g/mol. The lowest BCUT2D eigenvalue weighted by Gasteiger charge is -2.33. The van der Waals surface area contributed by atoms with Crippen LogP contribution in [0.1, 0.15) is 18.2 Å². The molecule has 0 fully saturated rings. The van der Waals surface area contributed by atoms with Gasteiger partial charge in [-0.15, -0.1) is 0 Å². The van der Waals surface area contributed by atoms with E-state index in [1.807, 2.05) is 31.2 Å². The molecule has 2 N–H and O–H groups in total. The Labute approximate surface area is 128 Å². The number of para-hydroxylation sites is 1. The third-order valence-electron chi connectivity index (χ3n) is 4.07. The Morgan fingerprint density at radius 1 is 1.41 bits per heavy atom. The van der Waals surface area contributed by atoms with Crippen molar-refractivity contribution in [1.82, 2.24) is 15.2 Å².